The molecular weight excluding hydrogens is 508 g/mol. The lowest BCUT2D eigenvalue weighted by atomic mass is 9.70. The van der Waals surface area contributed by atoms with Crippen molar-refractivity contribution in [3.05, 3.63) is 75.8 Å². The molecule has 0 radical (unpaired) electrons. The van der Waals surface area contributed by atoms with Crippen LogP contribution < -0.4 is 10.1 Å². The number of aromatic amines is 1. The fraction of sp³-hybridized carbons (Fsp3) is 0.360. The van der Waals surface area contributed by atoms with E-state index in [0.29, 0.717) is 49.8 Å². The summed E-state index contributed by atoms with van der Waals surface area (Å²) in [7, 11) is 0. The van der Waals surface area contributed by atoms with Crippen molar-refractivity contribution in [3.8, 4) is 5.75 Å². The highest BCUT2D eigenvalue weighted by atomic mass is 32.1. The number of alkyl halides is 3. The normalized spacial score (nSPS) is 20.1. The zero-order chi connectivity index (χ0) is 26.0. The van der Waals surface area contributed by atoms with Crippen LogP contribution in [0, 0.1) is 12.7 Å². The Morgan fingerprint density at radius 1 is 1.08 bits per heavy atom. The number of pyridine rings is 1. The van der Waals surface area contributed by atoms with E-state index < -0.39 is 23.7 Å². The van der Waals surface area contributed by atoms with Crippen LogP contribution in [0.25, 0.3) is 0 Å². The van der Waals surface area contributed by atoms with Crippen molar-refractivity contribution in [1.82, 2.24) is 25.4 Å². The van der Waals surface area contributed by atoms with E-state index in [9.17, 15) is 17.6 Å². The summed E-state index contributed by atoms with van der Waals surface area (Å²) >= 11 is 1.53. The molecule has 2 N–H and O–H groups in total. The fourth-order valence-electron chi connectivity index (χ4n) is 4.69. The van der Waals surface area contributed by atoms with E-state index in [-0.39, 0.29) is 11.2 Å². The number of anilines is 2. The molecule has 0 bridgehead atoms. The van der Waals surface area contributed by atoms with Crippen LogP contribution in [-0.2, 0) is 18.0 Å². The maximum Gasteiger partial charge on any atom is 0.419 e. The van der Waals surface area contributed by atoms with Gasteiger partial charge in [-0.2, -0.15) is 18.3 Å². The minimum Gasteiger partial charge on any atom is -0.487 e. The molecule has 1 aliphatic rings. The third kappa shape index (κ3) is 5.58. The van der Waals surface area contributed by atoms with Crippen molar-refractivity contribution in [3.63, 3.8) is 0 Å². The molecule has 194 valence electrons. The van der Waals surface area contributed by atoms with Crippen molar-refractivity contribution in [1.29, 1.82) is 0 Å². The number of nitrogens with one attached hydrogen (secondary N) is 2. The molecule has 12 heteroatoms. The van der Waals surface area contributed by atoms with Gasteiger partial charge in [0.15, 0.2) is 17.4 Å². The van der Waals surface area contributed by atoms with E-state index in [4.69, 9.17) is 9.72 Å². The summed E-state index contributed by atoms with van der Waals surface area (Å²) in [5, 5.41) is 20.4. The number of hydrogen-bond acceptors (Lipinski definition) is 7. The molecule has 1 aliphatic carbocycles. The Bertz CT molecular complexity index is 1350. The molecule has 3 heterocycles. The van der Waals surface area contributed by atoms with Gasteiger partial charge >= 0.3 is 6.18 Å². The lowest BCUT2D eigenvalue weighted by molar-refractivity contribution is -0.140. The molecule has 0 amide bonds. The highest BCUT2D eigenvalue weighted by Crippen LogP contribution is 2.44. The molecule has 3 aromatic heterocycles. The van der Waals surface area contributed by atoms with Crippen LogP contribution in [0.2, 0.25) is 0 Å². The molecule has 7 nitrogen and oxygen atoms in total. The SMILES string of the molecule is Cc1nnc(C2(Cc3cccc(Nc4cc[nH]n4)n3)CCC(Oc3cccc(C(F)(F)F)c3F)CC2)s1. The Morgan fingerprint density at radius 2 is 1.86 bits per heavy atom. The van der Waals surface area contributed by atoms with Gasteiger partial charge in [-0.15, -0.1) is 21.5 Å². The Morgan fingerprint density at radius 3 is 2.54 bits per heavy atom. The van der Waals surface area contributed by atoms with Gasteiger partial charge in [0, 0.05) is 29.8 Å². The van der Waals surface area contributed by atoms with E-state index in [1.54, 1.807) is 12.3 Å². The van der Waals surface area contributed by atoms with Crippen molar-refractivity contribution in [2.45, 2.75) is 56.7 Å². The summed E-state index contributed by atoms with van der Waals surface area (Å²) in [6.45, 7) is 1.90. The lowest BCUT2D eigenvalue weighted by Gasteiger charge is -2.38. The Kier molecular flexibility index (Phi) is 6.84. The summed E-state index contributed by atoms with van der Waals surface area (Å²) in [5.41, 5.74) is -0.832. The van der Waals surface area contributed by atoms with Crippen LogP contribution in [0.3, 0.4) is 0 Å². The predicted octanol–water partition coefficient (Wildman–Crippen LogP) is 6.37. The summed E-state index contributed by atoms with van der Waals surface area (Å²) < 4.78 is 59.6. The lowest BCUT2D eigenvalue weighted by Crippen LogP contribution is -2.38. The third-order valence-corrected chi connectivity index (χ3v) is 7.60. The summed E-state index contributed by atoms with van der Waals surface area (Å²) in [4.78, 5) is 4.75. The molecule has 0 unspecified atom stereocenters. The van der Waals surface area contributed by atoms with Crippen LogP contribution in [-0.4, -0.2) is 31.5 Å². The molecule has 0 atom stereocenters. The molecule has 1 fully saturated rings. The molecule has 4 aromatic rings. The van der Waals surface area contributed by atoms with E-state index >= 15 is 0 Å². The quantitative estimate of drug-likeness (QED) is 0.269. The zero-order valence-corrected chi connectivity index (χ0v) is 20.7. The molecule has 5 rings (SSSR count). The third-order valence-electron chi connectivity index (χ3n) is 6.51. The predicted molar refractivity (Wildman–Crippen MR) is 130 cm³/mol. The number of halogens is 4. The Labute approximate surface area is 214 Å². The maximum atomic E-state index is 14.5. The van der Waals surface area contributed by atoms with Crippen molar-refractivity contribution in [2.75, 3.05) is 5.32 Å². The summed E-state index contributed by atoms with van der Waals surface area (Å²) in [5.74, 6) is -0.446. The van der Waals surface area contributed by atoms with Crippen LogP contribution >= 0.6 is 11.3 Å². The zero-order valence-electron chi connectivity index (χ0n) is 19.8. The van der Waals surface area contributed by atoms with E-state index in [1.807, 2.05) is 25.1 Å². The van der Waals surface area contributed by atoms with Gasteiger partial charge in [-0.3, -0.25) is 5.10 Å². The number of aromatic nitrogens is 5. The number of rotatable bonds is 7. The number of H-pyrrole nitrogens is 1. The van der Waals surface area contributed by atoms with E-state index in [2.05, 4.69) is 25.7 Å². The standard InChI is InChI=1S/C25H24F4N6OS/c1-15-33-35-23(37-15)24(14-16-4-2-7-20(31-16)32-21-10-13-30-34-21)11-8-17(9-12-24)36-19-6-3-5-18(22(19)26)25(27,28)29/h2-7,10,13,17H,8-9,11-12,14H2,1H3,(H2,30,31,32,34). The molecule has 37 heavy (non-hydrogen) atoms. The van der Waals surface area contributed by atoms with Crippen molar-refractivity contribution >= 4 is 23.0 Å². The van der Waals surface area contributed by atoms with E-state index in [0.717, 1.165) is 21.8 Å². The number of ether oxygens (including phenoxy) is 1. The van der Waals surface area contributed by atoms with Crippen LogP contribution in [0.5, 0.6) is 5.75 Å². The highest BCUT2D eigenvalue weighted by molar-refractivity contribution is 7.11. The highest BCUT2D eigenvalue weighted by Gasteiger charge is 2.41. The van der Waals surface area contributed by atoms with Gasteiger partial charge in [0.2, 0.25) is 0 Å². The second-order valence-electron chi connectivity index (χ2n) is 9.11. The minimum atomic E-state index is -4.78. The second-order valence-corrected chi connectivity index (χ2v) is 10.3. The number of benzene rings is 1. The van der Waals surface area contributed by atoms with Gasteiger partial charge in [0.05, 0.1) is 11.7 Å². The number of aryl methyl sites for hydroxylation is 1. The van der Waals surface area contributed by atoms with Crippen molar-refractivity contribution in [2.24, 2.45) is 0 Å². The van der Waals surface area contributed by atoms with Gasteiger partial charge in [-0.25, -0.2) is 9.37 Å². The first-order valence-corrected chi connectivity index (χ1v) is 12.6. The minimum absolute atomic E-state index is 0.365. The van der Waals surface area contributed by atoms with Gasteiger partial charge in [0.25, 0.3) is 0 Å². The first-order chi connectivity index (χ1) is 17.7. The number of nitrogens with zero attached hydrogens (tertiary/aromatic N) is 4. The molecular formula is C25H24F4N6OS. The van der Waals surface area contributed by atoms with Crippen LogP contribution in [0.1, 0.15) is 47.0 Å². The topological polar surface area (TPSA) is 88.6 Å². The molecule has 0 aliphatic heterocycles. The Hall–Kier alpha value is -3.54. The van der Waals surface area contributed by atoms with Crippen molar-refractivity contribution < 1.29 is 22.3 Å². The van der Waals surface area contributed by atoms with Crippen LogP contribution in [0.4, 0.5) is 29.2 Å². The van der Waals surface area contributed by atoms with E-state index in [1.165, 1.54) is 17.4 Å². The summed E-state index contributed by atoms with van der Waals surface area (Å²) in [6, 6.07) is 10.6. The van der Waals surface area contributed by atoms with Gasteiger partial charge in [0.1, 0.15) is 15.8 Å². The molecule has 0 saturated heterocycles. The summed E-state index contributed by atoms with van der Waals surface area (Å²) in [6.07, 6.45) is -0.543. The van der Waals surface area contributed by atoms with Gasteiger partial charge < -0.3 is 10.1 Å². The molecule has 0 spiro atoms. The first-order valence-electron chi connectivity index (χ1n) is 11.8. The first kappa shape index (κ1) is 25.1. The smallest absolute Gasteiger partial charge is 0.419 e. The average Bonchev–Trinajstić information content (AvgIpc) is 3.53. The monoisotopic (exact) mass is 532 g/mol. The van der Waals surface area contributed by atoms with Crippen LogP contribution in [0.15, 0.2) is 48.7 Å². The molecule has 1 saturated carbocycles. The largest absolute Gasteiger partial charge is 0.487 e. The maximum absolute atomic E-state index is 14.5. The number of hydrogen-bond donors (Lipinski definition) is 2. The second kappa shape index (κ2) is 10.1. The fourth-order valence-corrected chi connectivity index (χ4v) is 5.63. The van der Waals surface area contributed by atoms with Gasteiger partial charge in [-0.05, 0) is 56.9 Å². The average molecular weight is 533 g/mol. The Balaban J connectivity index is 1.34. The molecule has 1 aromatic carbocycles. The van der Waals surface area contributed by atoms with Gasteiger partial charge in [-0.1, -0.05) is 12.1 Å².